The highest BCUT2D eigenvalue weighted by Gasteiger charge is 2.31. The monoisotopic (exact) mass is 668 g/mol. The number of aromatic nitrogens is 1. The fraction of sp³-hybridized carbons (Fsp3) is 0.314. The fourth-order valence-electron chi connectivity index (χ4n) is 5.70. The quantitative estimate of drug-likeness (QED) is 0.129. The van der Waals surface area contributed by atoms with E-state index in [9.17, 15) is 37.0 Å². The average Bonchev–Trinajstić information content (AvgIpc) is 3.32. The van der Waals surface area contributed by atoms with Crippen LogP contribution in [0, 0.1) is 11.6 Å². The summed E-state index contributed by atoms with van der Waals surface area (Å²) in [6, 6.07) is 17.4. The summed E-state index contributed by atoms with van der Waals surface area (Å²) in [4.78, 5) is 25.3. The number of halogens is 2. The number of carboxylic acids is 1. The van der Waals surface area contributed by atoms with E-state index in [1.54, 1.807) is 48.5 Å². The lowest BCUT2D eigenvalue weighted by Crippen LogP contribution is -2.22. The van der Waals surface area contributed by atoms with Crippen LogP contribution in [0.4, 0.5) is 14.5 Å². The van der Waals surface area contributed by atoms with Gasteiger partial charge in [-0.15, -0.1) is 0 Å². The van der Waals surface area contributed by atoms with Gasteiger partial charge in [0.05, 0.1) is 24.4 Å². The lowest BCUT2D eigenvalue weighted by molar-refractivity contribution is -0.139. The zero-order valence-electron chi connectivity index (χ0n) is 26.3. The van der Waals surface area contributed by atoms with Crippen LogP contribution in [-0.4, -0.2) is 58.6 Å². The van der Waals surface area contributed by atoms with Gasteiger partial charge in [-0.25, -0.2) is 17.2 Å². The Morgan fingerprint density at radius 1 is 0.830 bits per heavy atom. The molecule has 0 aliphatic rings. The normalized spacial score (nSPS) is 13.0. The Morgan fingerprint density at radius 3 is 1.85 bits per heavy atom. The molecule has 3 aromatic carbocycles. The van der Waals surface area contributed by atoms with Crippen LogP contribution in [0.5, 0.6) is 0 Å². The molecule has 1 aromatic heterocycles. The summed E-state index contributed by atoms with van der Waals surface area (Å²) in [6.45, 7) is 3.74. The van der Waals surface area contributed by atoms with Crippen LogP contribution < -0.4 is 5.32 Å². The molecule has 2 atom stereocenters. The summed E-state index contributed by atoms with van der Waals surface area (Å²) in [5.41, 5.74) is 3.90. The molecule has 1 amide bonds. The Hall–Kier alpha value is -4.39. The summed E-state index contributed by atoms with van der Waals surface area (Å²) >= 11 is 0. The number of hydrogen-bond acceptors (Lipinski definition) is 6. The number of amides is 1. The van der Waals surface area contributed by atoms with Gasteiger partial charge in [0, 0.05) is 34.8 Å². The summed E-state index contributed by atoms with van der Waals surface area (Å²) < 4.78 is 53.5. The van der Waals surface area contributed by atoms with E-state index in [2.05, 4.69) is 5.32 Å². The average molecular weight is 669 g/mol. The van der Waals surface area contributed by atoms with E-state index < -0.39 is 52.0 Å². The zero-order chi connectivity index (χ0) is 34.5. The van der Waals surface area contributed by atoms with Crippen molar-refractivity contribution in [1.82, 2.24) is 4.57 Å². The molecule has 9 nitrogen and oxygen atoms in total. The van der Waals surface area contributed by atoms with Crippen LogP contribution in [-0.2, 0) is 26.8 Å². The van der Waals surface area contributed by atoms with Gasteiger partial charge in [0.1, 0.15) is 17.3 Å². The number of carbonyl (C=O) groups is 2. The first-order chi connectivity index (χ1) is 22.1. The maximum absolute atomic E-state index is 14.3. The molecule has 0 bridgehead atoms. The van der Waals surface area contributed by atoms with E-state index in [4.69, 9.17) is 5.11 Å². The van der Waals surface area contributed by atoms with Crippen molar-refractivity contribution >= 4 is 27.4 Å². The van der Waals surface area contributed by atoms with E-state index in [0.717, 1.165) is 6.26 Å². The fourth-order valence-corrected chi connectivity index (χ4v) is 6.50. The molecule has 0 radical (unpaired) electrons. The topological polar surface area (TPSA) is 146 Å². The Bertz CT molecular complexity index is 1820. The van der Waals surface area contributed by atoms with Crippen LogP contribution in [0.1, 0.15) is 60.9 Å². The molecule has 0 spiro atoms. The summed E-state index contributed by atoms with van der Waals surface area (Å²) in [5, 5.41) is 32.8. The second-order valence-corrected chi connectivity index (χ2v) is 14.1. The predicted octanol–water partition coefficient (Wildman–Crippen LogP) is 6.00. The molecule has 0 saturated carbocycles. The van der Waals surface area contributed by atoms with Crippen LogP contribution in [0.2, 0.25) is 0 Å². The number of aliphatic carboxylic acids is 1. The number of aliphatic hydroxyl groups excluding tert-OH is 2. The van der Waals surface area contributed by atoms with Gasteiger partial charge in [-0.1, -0.05) is 36.4 Å². The van der Waals surface area contributed by atoms with Crippen molar-refractivity contribution in [1.29, 1.82) is 0 Å². The van der Waals surface area contributed by atoms with E-state index in [-0.39, 0.29) is 36.8 Å². The zero-order valence-corrected chi connectivity index (χ0v) is 27.1. The van der Waals surface area contributed by atoms with E-state index in [1.807, 2.05) is 18.4 Å². The van der Waals surface area contributed by atoms with Crippen molar-refractivity contribution in [3.05, 3.63) is 101 Å². The van der Waals surface area contributed by atoms with Crippen molar-refractivity contribution in [2.45, 2.75) is 63.5 Å². The first-order valence-corrected chi connectivity index (χ1v) is 17.1. The number of benzene rings is 3. The summed E-state index contributed by atoms with van der Waals surface area (Å²) in [7, 11) is -3.26. The van der Waals surface area contributed by atoms with E-state index in [0.29, 0.717) is 39.2 Å². The Kier molecular flexibility index (Phi) is 11.3. The van der Waals surface area contributed by atoms with Gasteiger partial charge in [0.25, 0.3) is 5.91 Å². The third kappa shape index (κ3) is 9.34. The third-order valence-electron chi connectivity index (χ3n) is 7.61. The minimum atomic E-state index is -3.26. The highest BCUT2D eigenvalue weighted by molar-refractivity contribution is 7.89. The molecule has 47 heavy (non-hydrogen) atoms. The molecule has 4 aromatic rings. The standard InChI is InChI=1S/C35H38F2N2O7S/c1-21(2)39-30(17-16-28(40)18-29(41)19-31(42)43)32(23-6-10-25(36)11-7-23)33(24-8-12-26(37)13-9-24)34(39)35(44)38-27-14-4-22(5-15-27)20-47(3,45)46/h4-15,21,28-29,40-41H,16-20H2,1-3H3,(H,38,44)(H,42,43)/t28-,29-/m1/s1. The van der Waals surface area contributed by atoms with Crippen molar-refractivity contribution in [3.63, 3.8) is 0 Å². The van der Waals surface area contributed by atoms with E-state index >= 15 is 0 Å². The second-order valence-electron chi connectivity index (χ2n) is 11.9. The van der Waals surface area contributed by atoms with Crippen molar-refractivity contribution < 1.29 is 42.1 Å². The summed E-state index contributed by atoms with van der Waals surface area (Å²) in [6.07, 6.45) is -1.59. The number of aliphatic hydroxyl groups is 2. The number of sulfone groups is 1. The Morgan fingerprint density at radius 2 is 1.36 bits per heavy atom. The Labute approximate surface area is 272 Å². The van der Waals surface area contributed by atoms with Crippen molar-refractivity contribution in [3.8, 4) is 22.3 Å². The highest BCUT2D eigenvalue weighted by Crippen LogP contribution is 2.43. The molecule has 12 heteroatoms. The van der Waals surface area contributed by atoms with Crippen molar-refractivity contribution in [2.75, 3.05) is 11.6 Å². The van der Waals surface area contributed by atoms with Gasteiger partial charge >= 0.3 is 5.97 Å². The molecule has 0 aliphatic carbocycles. The molecule has 0 unspecified atom stereocenters. The lowest BCUT2D eigenvalue weighted by atomic mass is 9.92. The molecule has 1 heterocycles. The van der Waals surface area contributed by atoms with Crippen LogP contribution in [0.15, 0.2) is 72.8 Å². The van der Waals surface area contributed by atoms with Crippen LogP contribution in [0.3, 0.4) is 0 Å². The molecule has 4 rings (SSSR count). The van der Waals surface area contributed by atoms with Crippen LogP contribution >= 0.6 is 0 Å². The van der Waals surface area contributed by atoms with Crippen LogP contribution in [0.25, 0.3) is 22.3 Å². The molecule has 4 N–H and O–H groups in total. The van der Waals surface area contributed by atoms with Gasteiger partial charge < -0.3 is 25.2 Å². The van der Waals surface area contributed by atoms with Gasteiger partial charge in [-0.05, 0) is 86.2 Å². The minimum Gasteiger partial charge on any atom is -0.481 e. The number of anilines is 1. The van der Waals surface area contributed by atoms with Gasteiger partial charge in [0.2, 0.25) is 0 Å². The molecule has 0 fully saturated rings. The van der Waals surface area contributed by atoms with Crippen molar-refractivity contribution in [2.24, 2.45) is 0 Å². The molecule has 250 valence electrons. The van der Waals surface area contributed by atoms with E-state index in [1.165, 1.54) is 24.3 Å². The maximum atomic E-state index is 14.3. The summed E-state index contributed by atoms with van der Waals surface area (Å²) in [5.74, 6) is -2.82. The molecular weight excluding hydrogens is 630 g/mol. The lowest BCUT2D eigenvalue weighted by Gasteiger charge is -2.20. The minimum absolute atomic E-state index is 0.104. The third-order valence-corrected chi connectivity index (χ3v) is 8.47. The number of carboxylic acid groups (broad SMARTS) is 1. The van der Waals surface area contributed by atoms with Gasteiger partial charge in [-0.2, -0.15) is 0 Å². The highest BCUT2D eigenvalue weighted by atomic mass is 32.2. The molecule has 0 aliphatic heterocycles. The molecular formula is C35H38F2N2O7S. The molecule has 0 saturated heterocycles. The first-order valence-electron chi connectivity index (χ1n) is 15.1. The SMILES string of the molecule is CC(C)n1c(CC[C@@H](O)C[C@@H](O)CC(=O)O)c(-c2ccc(F)cc2)c(-c2ccc(F)cc2)c1C(=O)Nc1ccc(CS(C)(=O)=O)cc1. The number of nitrogens with one attached hydrogen (secondary N) is 1. The smallest absolute Gasteiger partial charge is 0.305 e. The number of hydrogen-bond donors (Lipinski definition) is 4. The predicted molar refractivity (Wildman–Crippen MR) is 176 cm³/mol. The number of nitrogens with zero attached hydrogens (tertiary/aromatic N) is 1. The van der Waals surface area contributed by atoms with Gasteiger partial charge in [-0.3, -0.25) is 9.59 Å². The second kappa shape index (κ2) is 15.0. The maximum Gasteiger partial charge on any atom is 0.305 e. The van der Waals surface area contributed by atoms with Gasteiger partial charge in [0.15, 0.2) is 9.84 Å². The largest absolute Gasteiger partial charge is 0.481 e. The Balaban J connectivity index is 1.87. The first kappa shape index (κ1) is 35.5. The number of rotatable bonds is 14. The number of carbonyl (C=O) groups excluding carboxylic acids is 1.